The lowest BCUT2D eigenvalue weighted by molar-refractivity contribution is 0.0727. The molecule has 0 unspecified atom stereocenters. The van der Waals surface area contributed by atoms with Crippen molar-refractivity contribution in [2.24, 2.45) is 5.10 Å². The minimum Gasteiger partial charge on any atom is -0.493 e. The number of rotatable bonds is 11. The van der Waals surface area contributed by atoms with Gasteiger partial charge in [0.2, 0.25) is 5.75 Å². The molecule has 0 saturated heterocycles. The Morgan fingerprint density at radius 2 is 1.57 bits per heavy atom. The molecule has 13 heteroatoms. The van der Waals surface area contributed by atoms with Crippen molar-refractivity contribution in [1.29, 1.82) is 0 Å². The van der Waals surface area contributed by atoms with E-state index in [-0.39, 0.29) is 22.8 Å². The van der Waals surface area contributed by atoms with Crippen molar-refractivity contribution in [3.8, 4) is 39.9 Å². The summed E-state index contributed by atoms with van der Waals surface area (Å²) in [6, 6.07) is 18.2. The molecule has 1 aromatic heterocycles. The maximum atomic E-state index is 13.4. The second kappa shape index (κ2) is 14.7. The van der Waals surface area contributed by atoms with Crippen LogP contribution in [0.15, 0.2) is 71.8 Å². The summed E-state index contributed by atoms with van der Waals surface area (Å²) in [6.07, 6.45) is 1.42. The number of aromatic nitrogens is 1. The molecule has 0 radical (unpaired) electrons. The van der Waals surface area contributed by atoms with Gasteiger partial charge in [-0.1, -0.05) is 53.0 Å². The van der Waals surface area contributed by atoms with Crippen LogP contribution in [0.1, 0.15) is 33.3 Å². The summed E-state index contributed by atoms with van der Waals surface area (Å²) < 4.78 is 27.4. The number of nitrogens with one attached hydrogen (secondary N) is 2. The lowest BCUT2D eigenvalue weighted by atomic mass is 10.0. The summed E-state index contributed by atoms with van der Waals surface area (Å²) in [7, 11) is 4.37. The van der Waals surface area contributed by atoms with Crippen LogP contribution in [0.5, 0.6) is 28.7 Å². The molecule has 0 aliphatic carbocycles. The third-order valence-corrected chi connectivity index (χ3v) is 7.78. The van der Waals surface area contributed by atoms with Gasteiger partial charge in [0.05, 0.1) is 44.7 Å². The zero-order valence-electron chi connectivity index (χ0n) is 25.6. The number of aromatic amines is 1. The van der Waals surface area contributed by atoms with E-state index in [0.29, 0.717) is 66.5 Å². The van der Waals surface area contributed by atoms with Gasteiger partial charge < -0.3 is 28.7 Å². The Balaban J connectivity index is 1.39. The van der Waals surface area contributed by atoms with E-state index in [1.54, 1.807) is 55.5 Å². The van der Waals surface area contributed by atoms with Crippen molar-refractivity contribution in [3.63, 3.8) is 0 Å². The topological polar surface area (TPSA) is 120 Å². The number of amides is 1. The molecule has 2 N–H and O–H groups in total. The number of hydrogen-bond acceptors (Lipinski definition) is 8. The Hall–Kier alpha value is -4.90. The number of fused-ring (bicyclic) bond motifs is 1. The second-order valence-corrected chi connectivity index (χ2v) is 11.1. The van der Waals surface area contributed by atoms with Crippen LogP contribution >= 0.6 is 34.8 Å². The van der Waals surface area contributed by atoms with Crippen LogP contribution in [0.25, 0.3) is 22.0 Å². The molecule has 4 aromatic carbocycles. The highest BCUT2D eigenvalue weighted by Gasteiger charge is 2.23. The average molecular weight is 697 g/mol. The number of carbonyl (C=O) groups is 2. The largest absolute Gasteiger partial charge is 0.493 e. The van der Waals surface area contributed by atoms with Gasteiger partial charge in [-0.25, -0.2) is 10.2 Å². The summed E-state index contributed by atoms with van der Waals surface area (Å²) in [5, 5.41) is 5.93. The first-order valence-electron chi connectivity index (χ1n) is 14.1. The number of hydrazone groups is 1. The molecule has 0 fully saturated rings. The van der Waals surface area contributed by atoms with Crippen molar-refractivity contribution >= 4 is 63.8 Å². The molecular formula is C34H28Cl3N3O7. The van der Waals surface area contributed by atoms with Crippen molar-refractivity contribution in [2.45, 2.75) is 6.92 Å². The van der Waals surface area contributed by atoms with E-state index in [4.69, 9.17) is 58.5 Å². The number of hydrogen-bond donors (Lipinski definition) is 2. The molecular weight excluding hydrogens is 669 g/mol. The van der Waals surface area contributed by atoms with Crippen LogP contribution in [0, 0.1) is 0 Å². The van der Waals surface area contributed by atoms with Gasteiger partial charge in [0.1, 0.15) is 5.69 Å². The fourth-order valence-corrected chi connectivity index (χ4v) is 5.71. The summed E-state index contributed by atoms with van der Waals surface area (Å²) in [5.74, 6) is 0.187. The third kappa shape index (κ3) is 7.10. The smallest absolute Gasteiger partial charge is 0.343 e. The summed E-state index contributed by atoms with van der Waals surface area (Å²) in [4.78, 5) is 29.6. The first-order chi connectivity index (χ1) is 22.7. The van der Waals surface area contributed by atoms with Crippen LogP contribution in [0.4, 0.5) is 0 Å². The minimum atomic E-state index is -0.673. The highest BCUT2D eigenvalue weighted by atomic mass is 35.5. The third-order valence-electron chi connectivity index (χ3n) is 6.94. The predicted octanol–water partition coefficient (Wildman–Crippen LogP) is 8.20. The van der Waals surface area contributed by atoms with E-state index in [2.05, 4.69) is 15.5 Å². The van der Waals surface area contributed by atoms with Crippen molar-refractivity contribution in [1.82, 2.24) is 10.4 Å². The van der Waals surface area contributed by atoms with E-state index < -0.39 is 11.9 Å². The molecule has 0 atom stereocenters. The molecule has 47 heavy (non-hydrogen) atoms. The summed E-state index contributed by atoms with van der Waals surface area (Å²) >= 11 is 19.3. The first kappa shape index (κ1) is 33.5. The second-order valence-electron chi connectivity index (χ2n) is 9.81. The van der Waals surface area contributed by atoms with Gasteiger partial charge in [-0.05, 0) is 61.0 Å². The van der Waals surface area contributed by atoms with E-state index >= 15 is 0 Å². The number of carbonyl (C=O) groups excluding carboxylic acids is 2. The fraction of sp³-hybridized carbons (Fsp3) is 0.147. The molecule has 5 rings (SSSR count). The normalized spacial score (nSPS) is 11.0. The predicted molar refractivity (Wildman–Crippen MR) is 182 cm³/mol. The van der Waals surface area contributed by atoms with Crippen LogP contribution in [0.3, 0.4) is 0 Å². The first-order valence-corrected chi connectivity index (χ1v) is 15.2. The van der Waals surface area contributed by atoms with Crippen molar-refractivity contribution < 1.29 is 33.3 Å². The maximum absolute atomic E-state index is 13.4. The number of ether oxygens (including phenoxy) is 5. The number of nitrogens with zero attached hydrogens (tertiary/aromatic N) is 1. The number of halogens is 3. The minimum absolute atomic E-state index is 0.171. The standard InChI is InChI=1S/C34H28Cl3N3O7/c1-5-46-26-12-18(10-11-25(26)47-34(42)19-13-27(43-2)32(45-4)28(14-19)44-3)17-38-40-33(41)31-29(21-8-6-7-9-22(21)36)30-23(37)15-20(35)16-24(30)39-31/h6-17,39H,5H2,1-4H3,(H,40,41). The van der Waals surface area contributed by atoms with Crippen molar-refractivity contribution in [2.75, 3.05) is 27.9 Å². The van der Waals surface area contributed by atoms with Crippen LogP contribution in [0.2, 0.25) is 15.1 Å². The van der Waals surface area contributed by atoms with Gasteiger partial charge in [-0.3, -0.25) is 4.79 Å². The van der Waals surface area contributed by atoms with E-state index in [1.807, 2.05) is 6.07 Å². The molecule has 242 valence electrons. The summed E-state index contributed by atoms with van der Waals surface area (Å²) in [5.41, 5.74) is 5.14. The zero-order valence-corrected chi connectivity index (χ0v) is 27.8. The Bertz CT molecular complexity index is 1980. The molecule has 0 aliphatic heterocycles. The monoisotopic (exact) mass is 695 g/mol. The van der Waals surface area contributed by atoms with Gasteiger partial charge in [0, 0.05) is 32.1 Å². The Labute approximate surface area is 285 Å². The van der Waals surface area contributed by atoms with Crippen molar-refractivity contribution in [3.05, 3.63) is 98.6 Å². The molecule has 0 spiro atoms. The van der Waals surface area contributed by atoms with Gasteiger partial charge in [0.15, 0.2) is 23.0 Å². The van der Waals surface area contributed by atoms with Gasteiger partial charge in [0.25, 0.3) is 5.91 Å². The maximum Gasteiger partial charge on any atom is 0.343 e. The Morgan fingerprint density at radius 1 is 0.851 bits per heavy atom. The Kier molecular flexibility index (Phi) is 10.5. The fourth-order valence-electron chi connectivity index (χ4n) is 4.89. The highest BCUT2D eigenvalue weighted by Crippen LogP contribution is 2.41. The highest BCUT2D eigenvalue weighted by molar-refractivity contribution is 6.41. The van der Waals surface area contributed by atoms with E-state index in [9.17, 15) is 9.59 Å². The molecule has 0 aliphatic rings. The van der Waals surface area contributed by atoms with E-state index in [1.165, 1.54) is 39.7 Å². The molecule has 5 aromatic rings. The summed E-state index contributed by atoms with van der Waals surface area (Å²) in [6.45, 7) is 2.09. The lowest BCUT2D eigenvalue weighted by Gasteiger charge is -2.15. The van der Waals surface area contributed by atoms with Gasteiger partial charge >= 0.3 is 5.97 Å². The molecule has 1 amide bonds. The molecule has 1 heterocycles. The van der Waals surface area contributed by atoms with E-state index in [0.717, 1.165) is 0 Å². The number of methoxy groups -OCH3 is 3. The number of benzene rings is 4. The zero-order chi connectivity index (χ0) is 33.7. The quantitative estimate of drug-likeness (QED) is 0.0618. The van der Waals surface area contributed by atoms with Gasteiger partial charge in [-0.15, -0.1) is 0 Å². The Morgan fingerprint density at radius 3 is 2.23 bits per heavy atom. The number of H-pyrrole nitrogens is 1. The lowest BCUT2D eigenvalue weighted by Crippen LogP contribution is -2.19. The average Bonchev–Trinajstić information content (AvgIpc) is 3.45. The van der Waals surface area contributed by atoms with Crippen LogP contribution in [-0.2, 0) is 0 Å². The number of esters is 1. The van der Waals surface area contributed by atoms with Gasteiger partial charge in [-0.2, -0.15) is 5.10 Å². The molecule has 0 bridgehead atoms. The SMILES string of the molecule is CCOc1cc(C=NNC(=O)c2[nH]c3cc(Cl)cc(Cl)c3c2-c2ccccc2Cl)ccc1OC(=O)c1cc(OC)c(OC)c(OC)c1. The molecule has 0 saturated carbocycles. The van der Waals surface area contributed by atoms with Crippen LogP contribution in [-0.4, -0.2) is 51.0 Å². The van der Waals surface area contributed by atoms with Crippen LogP contribution < -0.4 is 29.1 Å². The molecule has 10 nitrogen and oxygen atoms in total.